The van der Waals surface area contributed by atoms with Crippen LogP contribution < -0.4 is 0 Å². The fourth-order valence-electron chi connectivity index (χ4n) is 0.362. The van der Waals surface area contributed by atoms with Crippen molar-refractivity contribution in [1.29, 1.82) is 0 Å². The molecule has 0 amide bonds. The van der Waals surface area contributed by atoms with Crippen molar-refractivity contribution in [2.75, 3.05) is 5.75 Å². The van der Waals surface area contributed by atoms with E-state index >= 15 is 0 Å². The van der Waals surface area contributed by atoms with Crippen molar-refractivity contribution in [3.63, 3.8) is 0 Å². The topological polar surface area (TPSA) is 43.4 Å². The summed E-state index contributed by atoms with van der Waals surface area (Å²) in [6.45, 7) is 0. The second-order valence-electron chi connectivity index (χ2n) is 1.36. The highest BCUT2D eigenvalue weighted by Gasteiger charge is 2.20. The fraction of sp³-hybridized carbons (Fsp3) is 0.333. The van der Waals surface area contributed by atoms with E-state index in [0.717, 1.165) is 0 Å². The molecule has 46 valence electrons. The number of halogens is 1. The quantitative estimate of drug-likeness (QED) is 0.448. The van der Waals surface area contributed by atoms with Crippen LogP contribution in [-0.2, 0) is 14.3 Å². The van der Waals surface area contributed by atoms with Gasteiger partial charge in [-0.3, -0.25) is 0 Å². The summed E-state index contributed by atoms with van der Waals surface area (Å²) < 4.78 is 35.9. The Morgan fingerprint density at radius 3 is 2.50 bits per heavy atom. The molecule has 0 radical (unpaired) electrons. The summed E-state index contributed by atoms with van der Waals surface area (Å²) in [5, 5.41) is 0. The fourth-order valence-corrected chi connectivity index (χ4v) is 1.09. The predicted molar refractivity (Wildman–Crippen MR) is 24.1 cm³/mol. The van der Waals surface area contributed by atoms with E-state index in [2.05, 4.69) is 4.18 Å². The normalized spacial score (nSPS) is 24.4. The van der Waals surface area contributed by atoms with Gasteiger partial charge in [0.05, 0.1) is 0 Å². The maximum atomic E-state index is 11.8. The first kappa shape index (κ1) is 5.55. The Labute approximate surface area is 45.9 Å². The van der Waals surface area contributed by atoms with E-state index in [9.17, 15) is 12.8 Å². The zero-order valence-corrected chi connectivity index (χ0v) is 4.61. The number of hydrogen-bond donors (Lipinski definition) is 0. The third-order valence-corrected chi connectivity index (χ3v) is 1.66. The Hall–Kier alpha value is -0.580. The highest BCUT2D eigenvalue weighted by Crippen LogP contribution is 2.12. The van der Waals surface area contributed by atoms with Crippen molar-refractivity contribution >= 4 is 10.1 Å². The first-order chi connectivity index (χ1) is 3.60. The molecule has 0 atom stereocenters. The third kappa shape index (κ3) is 0.975. The zero-order chi connectivity index (χ0) is 6.20. The van der Waals surface area contributed by atoms with Crippen molar-refractivity contribution in [3.8, 4) is 0 Å². The van der Waals surface area contributed by atoms with E-state index in [1.807, 2.05) is 0 Å². The Morgan fingerprint density at radius 1 is 1.75 bits per heavy atom. The largest absolute Gasteiger partial charge is 0.387 e. The van der Waals surface area contributed by atoms with E-state index in [-0.39, 0.29) is 0 Å². The summed E-state index contributed by atoms with van der Waals surface area (Å²) in [4.78, 5) is 0. The van der Waals surface area contributed by atoms with Crippen LogP contribution in [0, 0.1) is 0 Å². The van der Waals surface area contributed by atoms with Crippen molar-refractivity contribution < 1.29 is 17.0 Å². The molecular weight excluding hydrogens is 135 g/mol. The lowest BCUT2D eigenvalue weighted by Crippen LogP contribution is -1.99. The number of rotatable bonds is 0. The minimum Gasteiger partial charge on any atom is -0.387 e. The lowest BCUT2D eigenvalue weighted by Gasteiger charge is -1.85. The van der Waals surface area contributed by atoms with Crippen LogP contribution in [0.25, 0.3) is 0 Å². The molecule has 1 aliphatic rings. The van der Waals surface area contributed by atoms with Gasteiger partial charge in [0.1, 0.15) is 12.0 Å². The van der Waals surface area contributed by atoms with Gasteiger partial charge in [-0.2, -0.15) is 8.42 Å². The molecule has 0 aliphatic carbocycles. The van der Waals surface area contributed by atoms with E-state index in [0.29, 0.717) is 6.26 Å². The minimum atomic E-state index is -3.56. The van der Waals surface area contributed by atoms with Crippen molar-refractivity contribution in [2.24, 2.45) is 0 Å². The Bertz CT molecular complexity index is 215. The summed E-state index contributed by atoms with van der Waals surface area (Å²) >= 11 is 0. The van der Waals surface area contributed by atoms with Gasteiger partial charge in [0.2, 0.25) is 0 Å². The molecule has 0 saturated heterocycles. The molecule has 5 heteroatoms. The van der Waals surface area contributed by atoms with Gasteiger partial charge in [-0.1, -0.05) is 0 Å². The Balaban J connectivity index is 2.85. The second-order valence-corrected chi connectivity index (χ2v) is 2.96. The van der Waals surface area contributed by atoms with E-state index in [1.165, 1.54) is 0 Å². The highest BCUT2D eigenvalue weighted by molar-refractivity contribution is 7.87. The van der Waals surface area contributed by atoms with Crippen LogP contribution in [0.3, 0.4) is 0 Å². The highest BCUT2D eigenvalue weighted by atomic mass is 32.2. The Morgan fingerprint density at radius 2 is 2.38 bits per heavy atom. The molecule has 0 aromatic carbocycles. The van der Waals surface area contributed by atoms with Gasteiger partial charge in [0.15, 0.2) is 5.83 Å². The van der Waals surface area contributed by atoms with Crippen LogP contribution in [0.2, 0.25) is 0 Å². The molecule has 3 nitrogen and oxygen atoms in total. The summed E-state index contributed by atoms with van der Waals surface area (Å²) in [5.74, 6) is -1.36. The maximum absolute atomic E-state index is 11.8. The van der Waals surface area contributed by atoms with Crippen molar-refractivity contribution in [3.05, 3.63) is 12.1 Å². The maximum Gasteiger partial charge on any atom is 0.315 e. The van der Waals surface area contributed by atoms with Gasteiger partial charge < -0.3 is 4.18 Å². The molecule has 0 saturated carbocycles. The standard InChI is InChI=1S/C3H3FO3S/c4-3-1-7-8(5,6)2-3/h1H,2H2. The lowest BCUT2D eigenvalue weighted by atomic mass is 10.7. The number of hydrogen-bond acceptors (Lipinski definition) is 3. The first-order valence-corrected chi connectivity index (χ1v) is 3.43. The summed E-state index contributed by atoms with van der Waals surface area (Å²) in [7, 11) is -3.56. The molecule has 0 spiro atoms. The second kappa shape index (κ2) is 1.45. The van der Waals surface area contributed by atoms with Gasteiger partial charge in [-0.05, 0) is 0 Å². The van der Waals surface area contributed by atoms with E-state index in [4.69, 9.17) is 0 Å². The van der Waals surface area contributed by atoms with Crippen LogP contribution >= 0.6 is 0 Å². The monoisotopic (exact) mass is 138 g/mol. The smallest absolute Gasteiger partial charge is 0.315 e. The van der Waals surface area contributed by atoms with Crippen LogP contribution in [0.5, 0.6) is 0 Å². The van der Waals surface area contributed by atoms with Crippen LogP contribution in [0.1, 0.15) is 0 Å². The van der Waals surface area contributed by atoms with Crippen LogP contribution in [0.4, 0.5) is 4.39 Å². The molecule has 0 aromatic rings. The third-order valence-electron chi connectivity index (χ3n) is 0.637. The van der Waals surface area contributed by atoms with Crippen LogP contribution in [-0.4, -0.2) is 14.2 Å². The van der Waals surface area contributed by atoms with E-state index in [1.54, 1.807) is 0 Å². The van der Waals surface area contributed by atoms with Gasteiger partial charge in [0, 0.05) is 0 Å². The molecule has 0 unspecified atom stereocenters. The molecule has 1 aliphatic heterocycles. The molecule has 0 bridgehead atoms. The van der Waals surface area contributed by atoms with Crippen LogP contribution in [0.15, 0.2) is 12.1 Å². The zero-order valence-electron chi connectivity index (χ0n) is 3.80. The SMILES string of the molecule is O=S1(=O)CC(F)=CO1. The molecular formula is C3H3FO3S. The molecule has 1 heterocycles. The molecule has 0 fully saturated rings. The van der Waals surface area contributed by atoms with Crippen molar-refractivity contribution in [2.45, 2.75) is 0 Å². The minimum absolute atomic E-state index is 0.593. The molecule has 8 heavy (non-hydrogen) atoms. The first-order valence-electron chi connectivity index (χ1n) is 1.86. The molecule has 1 rings (SSSR count). The molecule has 0 aromatic heterocycles. The Kier molecular flexibility index (Phi) is 1.00. The summed E-state index contributed by atoms with van der Waals surface area (Å²) in [5.41, 5.74) is 0. The summed E-state index contributed by atoms with van der Waals surface area (Å²) in [6, 6.07) is 0. The predicted octanol–water partition coefficient (Wildman–Crippen LogP) is 0.157. The molecule has 0 N–H and O–H groups in total. The summed E-state index contributed by atoms with van der Waals surface area (Å²) in [6.07, 6.45) is 0.593. The average Bonchev–Trinajstić information content (AvgIpc) is 1.82. The van der Waals surface area contributed by atoms with Gasteiger partial charge >= 0.3 is 10.1 Å². The van der Waals surface area contributed by atoms with Crippen molar-refractivity contribution in [1.82, 2.24) is 0 Å². The van der Waals surface area contributed by atoms with Gasteiger partial charge in [-0.15, -0.1) is 0 Å². The lowest BCUT2D eigenvalue weighted by molar-refractivity contribution is 0.454. The average molecular weight is 138 g/mol. The van der Waals surface area contributed by atoms with Gasteiger partial charge in [0.25, 0.3) is 0 Å². The van der Waals surface area contributed by atoms with Gasteiger partial charge in [-0.25, -0.2) is 4.39 Å². The van der Waals surface area contributed by atoms with E-state index < -0.39 is 21.7 Å².